The van der Waals surface area contributed by atoms with Crippen molar-refractivity contribution in [2.75, 3.05) is 4.90 Å². The second kappa shape index (κ2) is 9.55. The van der Waals surface area contributed by atoms with E-state index in [0.29, 0.717) is 11.8 Å². The van der Waals surface area contributed by atoms with Crippen molar-refractivity contribution in [1.29, 1.82) is 0 Å². The van der Waals surface area contributed by atoms with Crippen LogP contribution in [0.4, 0.5) is 11.4 Å². The molecule has 0 spiro atoms. The summed E-state index contributed by atoms with van der Waals surface area (Å²) >= 11 is 0. The summed E-state index contributed by atoms with van der Waals surface area (Å²) in [6, 6.07) is 15.5. The zero-order valence-electron chi connectivity index (χ0n) is 22.1. The molecule has 0 N–H and O–H groups in total. The lowest BCUT2D eigenvalue weighted by Gasteiger charge is -2.29. The normalized spacial score (nSPS) is 11.4. The number of hydrogen-bond donors (Lipinski definition) is 0. The Morgan fingerprint density at radius 3 is 1.82 bits per heavy atom. The summed E-state index contributed by atoms with van der Waals surface area (Å²) in [4.78, 5) is 14.9. The van der Waals surface area contributed by atoms with Crippen molar-refractivity contribution in [3.63, 3.8) is 0 Å². The minimum absolute atomic E-state index is 0.0355. The first-order chi connectivity index (χ1) is 15.4. The minimum Gasteiger partial charge on any atom is -0.280 e. The molecule has 0 aliphatic heterocycles. The molecule has 3 aromatic rings. The number of benzene rings is 3. The first-order valence-corrected chi connectivity index (χ1v) is 12.1. The topological polar surface area (TPSA) is 20.3 Å². The highest BCUT2D eigenvalue weighted by Crippen LogP contribution is 2.40. The number of aryl methyl sites for hydroxylation is 5. The lowest BCUT2D eigenvalue weighted by Crippen LogP contribution is -2.26. The molecule has 0 aliphatic rings. The van der Waals surface area contributed by atoms with Gasteiger partial charge in [-0.1, -0.05) is 63.6 Å². The van der Waals surface area contributed by atoms with Gasteiger partial charge in [0.25, 0.3) is 0 Å². The molecular formula is C31H39NO. The fourth-order valence-corrected chi connectivity index (χ4v) is 5.03. The van der Waals surface area contributed by atoms with Crippen LogP contribution in [0.15, 0.2) is 42.5 Å². The Balaban J connectivity index is 2.17. The molecule has 2 heteroatoms. The predicted molar refractivity (Wildman–Crippen MR) is 143 cm³/mol. The molecule has 174 valence electrons. The van der Waals surface area contributed by atoms with Gasteiger partial charge in [0.2, 0.25) is 5.91 Å². The Morgan fingerprint density at radius 1 is 0.727 bits per heavy atom. The van der Waals surface area contributed by atoms with E-state index in [4.69, 9.17) is 0 Å². The molecule has 2 nitrogen and oxygen atoms in total. The Morgan fingerprint density at radius 2 is 1.33 bits per heavy atom. The first kappa shape index (κ1) is 24.8. The van der Waals surface area contributed by atoms with Crippen molar-refractivity contribution in [3.8, 4) is 11.1 Å². The van der Waals surface area contributed by atoms with E-state index < -0.39 is 0 Å². The molecule has 3 aromatic carbocycles. The van der Waals surface area contributed by atoms with Crippen molar-refractivity contribution in [2.45, 2.75) is 81.1 Å². The fourth-order valence-electron chi connectivity index (χ4n) is 5.03. The summed E-state index contributed by atoms with van der Waals surface area (Å²) in [5, 5.41) is 0. The average Bonchev–Trinajstić information content (AvgIpc) is 2.69. The summed E-state index contributed by atoms with van der Waals surface area (Å²) in [6.07, 6.45) is 0. The number of rotatable bonds is 5. The molecule has 0 radical (unpaired) electrons. The largest absolute Gasteiger partial charge is 0.280 e. The SMILES string of the molecule is CC(=O)N(c1ccc(-c2c(C)cc(C(C)C)cc2C)cc1C)c1c(C)cc(C)cc1C(C)C. The van der Waals surface area contributed by atoms with E-state index in [2.05, 4.69) is 105 Å². The van der Waals surface area contributed by atoms with Crippen LogP contribution in [0.3, 0.4) is 0 Å². The lowest BCUT2D eigenvalue weighted by molar-refractivity contribution is -0.115. The Hall–Kier alpha value is -2.87. The first-order valence-electron chi connectivity index (χ1n) is 12.1. The van der Waals surface area contributed by atoms with Gasteiger partial charge < -0.3 is 0 Å². The van der Waals surface area contributed by atoms with Gasteiger partial charge in [-0.15, -0.1) is 0 Å². The molecule has 0 aliphatic carbocycles. The van der Waals surface area contributed by atoms with Gasteiger partial charge in [0.05, 0.1) is 11.4 Å². The van der Waals surface area contributed by atoms with E-state index in [0.717, 1.165) is 22.5 Å². The second-order valence-corrected chi connectivity index (χ2v) is 10.2. The van der Waals surface area contributed by atoms with E-state index in [9.17, 15) is 4.79 Å². The zero-order chi connectivity index (χ0) is 24.6. The maximum Gasteiger partial charge on any atom is 0.228 e. The highest BCUT2D eigenvalue weighted by Gasteiger charge is 2.23. The van der Waals surface area contributed by atoms with Gasteiger partial charge in [0.1, 0.15) is 0 Å². The maximum atomic E-state index is 13.0. The van der Waals surface area contributed by atoms with Crippen LogP contribution in [0.2, 0.25) is 0 Å². The summed E-state index contributed by atoms with van der Waals surface area (Å²) in [5.74, 6) is 0.871. The number of carbonyl (C=O) groups excluding carboxylic acids is 1. The summed E-state index contributed by atoms with van der Waals surface area (Å²) in [5.41, 5.74) is 13.1. The molecule has 0 unspecified atom stereocenters. The van der Waals surface area contributed by atoms with Crippen LogP contribution >= 0.6 is 0 Å². The van der Waals surface area contributed by atoms with E-state index in [1.807, 2.05) is 4.90 Å². The quantitative estimate of drug-likeness (QED) is 0.387. The molecule has 0 atom stereocenters. The van der Waals surface area contributed by atoms with Crippen molar-refractivity contribution in [1.82, 2.24) is 0 Å². The van der Waals surface area contributed by atoms with E-state index in [-0.39, 0.29) is 5.91 Å². The Bertz CT molecular complexity index is 1180. The zero-order valence-corrected chi connectivity index (χ0v) is 22.1. The Labute approximate surface area is 200 Å². The molecule has 0 saturated heterocycles. The van der Waals surface area contributed by atoms with Crippen LogP contribution in [0.25, 0.3) is 11.1 Å². The molecule has 33 heavy (non-hydrogen) atoms. The van der Waals surface area contributed by atoms with Crippen molar-refractivity contribution < 1.29 is 4.79 Å². The van der Waals surface area contributed by atoms with Crippen LogP contribution in [-0.4, -0.2) is 5.91 Å². The fraction of sp³-hybridized carbons (Fsp3) is 0.387. The minimum atomic E-state index is 0.0355. The molecule has 1 amide bonds. The third-order valence-corrected chi connectivity index (χ3v) is 6.58. The van der Waals surface area contributed by atoms with Crippen molar-refractivity contribution in [2.24, 2.45) is 0 Å². The van der Waals surface area contributed by atoms with Gasteiger partial charge in [-0.05, 0) is 103 Å². The number of hydrogen-bond acceptors (Lipinski definition) is 1. The summed E-state index contributed by atoms with van der Waals surface area (Å²) in [6.45, 7) is 21.3. The standard InChI is InChI=1S/C31H39NO/c1-18(2)27-16-22(7)30(23(8)17-27)26-11-12-29(21(6)15-26)32(25(10)33)31-24(9)13-20(5)14-28(31)19(3)4/h11-19H,1-10H3. The summed E-state index contributed by atoms with van der Waals surface area (Å²) < 4.78 is 0. The average molecular weight is 442 g/mol. The van der Waals surface area contributed by atoms with Crippen LogP contribution in [0.1, 0.15) is 85.4 Å². The van der Waals surface area contributed by atoms with E-state index in [1.165, 1.54) is 38.9 Å². The van der Waals surface area contributed by atoms with Crippen LogP contribution in [0, 0.1) is 34.6 Å². The highest BCUT2D eigenvalue weighted by atomic mass is 16.2. The van der Waals surface area contributed by atoms with Crippen LogP contribution < -0.4 is 4.90 Å². The van der Waals surface area contributed by atoms with Gasteiger partial charge >= 0.3 is 0 Å². The second-order valence-electron chi connectivity index (χ2n) is 10.2. The van der Waals surface area contributed by atoms with Gasteiger partial charge in [0, 0.05) is 6.92 Å². The lowest BCUT2D eigenvalue weighted by atomic mass is 9.89. The Kier molecular flexibility index (Phi) is 7.17. The smallest absolute Gasteiger partial charge is 0.228 e. The third-order valence-electron chi connectivity index (χ3n) is 6.58. The molecule has 0 heterocycles. The summed E-state index contributed by atoms with van der Waals surface area (Å²) in [7, 11) is 0. The van der Waals surface area contributed by atoms with Gasteiger partial charge in [-0.25, -0.2) is 0 Å². The molecule has 3 rings (SSSR count). The number of nitrogens with zero attached hydrogens (tertiary/aromatic N) is 1. The van der Waals surface area contributed by atoms with Crippen molar-refractivity contribution >= 4 is 17.3 Å². The molecule has 0 aromatic heterocycles. The predicted octanol–water partition coefficient (Wildman–Crippen LogP) is 8.83. The number of amides is 1. The van der Waals surface area contributed by atoms with Crippen molar-refractivity contribution in [3.05, 3.63) is 81.4 Å². The van der Waals surface area contributed by atoms with Gasteiger partial charge in [0.15, 0.2) is 0 Å². The molecular weight excluding hydrogens is 402 g/mol. The van der Waals surface area contributed by atoms with E-state index in [1.54, 1.807) is 6.92 Å². The third kappa shape index (κ3) is 4.90. The molecule has 0 bridgehead atoms. The van der Waals surface area contributed by atoms with E-state index >= 15 is 0 Å². The van der Waals surface area contributed by atoms with Gasteiger partial charge in [-0.2, -0.15) is 0 Å². The van der Waals surface area contributed by atoms with Crippen LogP contribution in [-0.2, 0) is 4.79 Å². The monoisotopic (exact) mass is 441 g/mol. The molecule has 0 saturated carbocycles. The molecule has 0 fully saturated rings. The van der Waals surface area contributed by atoms with Crippen LogP contribution in [0.5, 0.6) is 0 Å². The number of anilines is 2. The van der Waals surface area contributed by atoms with Gasteiger partial charge in [-0.3, -0.25) is 9.69 Å². The highest BCUT2D eigenvalue weighted by molar-refractivity contribution is 6.01. The maximum absolute atomic E-state index is 13.0. The number of carbonyl (C=O) groups is 1.